The Kier molecular flexibility index (Phi) is 5.61. The van der Waals surface area contributed by atoms with Crippen LogP contribution >= 0.6 is 11.3 Å². The minimum atomic E-state index is -0.0700. The Morgan fingerprint density at radius 3 is 2.68 bits per heavy atom. The van der Waals surface area contributed by atoms with Gasteiger partial charge in [0.1, 0.15) is 5.39 Å². The van der Waals surface area contributed by atoms with Crippen LogP contribution in [0.15, 0.2) is 40.6 Å². The highest BCUT2D eigenvalue weighted by Gasteiger charge is 2.26. The van der Waals surface area contributed by atoms with Crippen molar-refractivity contribution in [1.82, 2.24) is 24.2 Å². The van der Waals surface area contributed by atoms with E-state index in [0.29, 0.717) is 17.0 Å². The first-order valence-corrected chi connectivity index (χ1v) is 12.7. The van der Waals surface area contributed by atoms with Crippen molar-refractivity contribution in [3.63, 3.8) is 0 Å². The van der Waals surface area contributed by atoms with Crippen molar-refractivity contribution in [2.24, 2.45) is 0 Å². The minimum Gasteiger partial charge on any atom is -0.324 e. The number of benzene rings is 1. The predicted molar refractivity (Wildman–Crippen MR) is 140 cm³/mol. The van der Waals surface area contributed by atoms with Gasteiger partial charge in [0.05, 0.1) is 5.69 Å². The molecule has 3 aromatic heterocycles. The van der Waals surface area contributed by atoms with Crippen LogP contribution in [0.1, 0.15) is 56.7 Å². The van der Waals surface area contributed by atoms with Crippen molar-refractivity contribution in [2.45, 2.75) is 59.0 Å². The van der Waals surface area contributed by atoms with Gasteiger partial charge in [0.25, 0.3) is 5.56 Å². The van der Waals surface area contributed by atoms with Crippen LogP contribution in [0.25, 0.3) is 16.7 Å². The molecule has 34 heavy (non-hydrogen) atoms. The number of nitrogens with one attached hydrogen (secondary N) is 1. The summed E-state index contributed by atoms with van der Waals surface area (Å²) < 4.78 is 3.77. The second kappa shape index (κ2) is 8.36. The quantitative estimate of drug-likeness (QED) is 0.436. The second-order valence-corrected chi connectivity index (χ2v) is 11.4. The third kappa shape index (κ3) is 3.95. The van der Waals surface area contributed by atoms with Gasteiger partial charge in [-0.1, -0.05) is 26.8 Å². The van der Waals surface area contributed by atoms with E-state index in [1.807, 2.05) is 18.5 Å². The highest BCUT2D eigenvalue weighted by atomic mass is 32.1. The molecule has 0 aliphatic carbocycles. The number of aromatic nitrogens is 4. The highest BCUT2D eigenvalue weighted by molar-refractivity contribution is 7.10. The van der Waals surface area contributed by atoms with E-state index in [1.54, 1.807) is 22.2 Å². The van der Waals surface area contributed by atoms with Crippen LogP contribution in [0.2, 0.25) is 0 Å². The van der Waals surface area contributed by atoms with E-state index < -0.39 is 0 Å². The lowest BCUT2D eigenvalue weighted by molar-refractivity contribution is 0.313. The SMILES string of the molecule is CC(C)n1c(=O)c2cnc(Nc3ccc4c(c3)CN(C)CC4)nc2n1-c1ccsc1C(C)(C)C. The zero-order valence-electron chi connectivity index (χ0n) is 20.7. The van der Waals surface area contributed by atoms with Gasteiger partial charge in [-0.2, -0.15) is 4.98 Å². The van der Waals surface area contributed by atoms with Gasteiger partial charge >= 0.3 is 0 Å². The van der Waals surface area contributed by atoms with Crippen LogP contribution in [-0.2, 0) is 18.4 Å². The average molecular weight is 477 g/mol. The second-order valence-electron chi connectivity index (χ2n) is 10.5. The Balaban J connectivity index is 1.63. The number of hydrogen-bond donors (Lipinski definition) is 1. The van der Waals surface area contributed by atoms with Crippen LogP contribution in [0.4, 0.5) is 11.6 Å². The van der Waals surface area contributed by atoms with Crippen molar-refractivity contribution in [1.29, 1.82) is 0 Å². The highest BCUT2D eigenvalue weighted by Crippen LogP contribution is 2.35. The molecule has 7 nitrogen and oxygen atoms in total. The van der Waals surface area contributed by atoms with Crippen LogP contribution in [0, 0.1) is 0 Å². The molecule has 8 heteroatoms. The molecule has 5 rings (SSSR count). The number of anilines is 2. The summed E-state index contributed by atoms with van der Waals surface area (Å²) in [6.07, 6.45) is 2.72. The van der Waals surface area contributed by atoms with E-state index >= 15 is 0 Å². The molecule has 1 aliphatic heterocycles. The molecular formula is C26H32N6OS. The first-order chi connectivity index (χ1) is 16.1. The van der Waals surface area contributed by atoms with Gasteiger partial charge in [0.15, 0.2) is 5.65 Å². The van der Waals surface area contributed by atoms with E-state index in [2.05, 4.69) is 72.7 Å². The number of likely N-dealkylation sites (N-methyl/N-ethyl adjacent to an activating group) is 1. The van der Waals surface area contributed by atoms with E-state index in [0.717, 1.165) is 30.9 Å². The van der Waals surface area contributed by atoms with Crippen molar-refractivity contribution < 1.29 is 0 Å². The van der Waals surface area contributed by atoms with Gasteiger partial charge in [-0.15, -0.1) is 11.3 Å². The molecule has 1 aliphatic rings. The summed E-state index contributed by atoms with van der Waals surface area (Å²) in [4.78, 5) is 26.2. The lowest BCUT2D eigenvalue weighted by Gasteiger charge is -2.25. The Morgan fingerprint density at radius 1 is 1.15 bits per heavy atom. The third-order valence-corrected chi connectivity index (χ3v) is 7.66. The van der Waals surface area contributed by atoms with Gasteiger partial charge in [-0.25, -0.2) is 14.3 Å². The summed E-state index contributed by atoms with van der Waals surface area (Å²) in [5.41, 5.74) is 5.18. The van der Waals surface area contributed by atoms with Gasteiger partial charge in [-0.05, 0) is 67.4 Å². The number of nitrogens with zero attached hydrogens (tertiary/aromatic N) is 5. The number of rotatable bonds is 4. The molecule has 178 valence electrons. The Hall–Kier alpha value is -2.97. The molecule has 1 aromatic carbocycles. The Morgan fingerprint density at radius 2 is 1.94 bits per heavy atom. The number of hydrogen-bond acceptors (Lipinski definition) is 6. The molecule has 0 radical (unpaired) electrons. The summed E-state index contributed by atoms with van der Waals surface area (Å²) >= 11 is 1.71. The van der Waals surface area contributed by atoms with Crippen molar-refractivity contribution in [2.75, 3.05) is 18.9 Å². The van der Waals surface area contributed by atoms with Gasteiger partial charge in [0, 0.05) is 35.9 Å². The largest absolute Gasteiger partial charge is 0.324 e. The summed E-state index contributed by atoms with van der Waals surface area (Å²) in [5.74, 6) is 0.485. The Bertz CT molecular complexity index is 1420. The topological polar surface area (TPSA) is 68.0 Å². The van der Waals surface area contributed by atoms with Gasteiger partial charge < -0.3 is 10.2 Å². The zero-order chi connectivity index (χ0) is 24.2. The maximum Gasteiger partial charge on any atom is 0.278 e. The van der Waals surface area contributed by atoms with E-state index in [-0.39, 0.29) is 17.0 Å². The first kappa shape index (κ1) is 22.8. The smallest absolute Gasteiger partial charge is 0.278 e. The molecule has 0 fully saturated rings. The molecule has 0 bridgehead atoms. The molecule has 0 unspecified atom stereocenters. The summed E-state index contributed by atoms with van der Waals surface area (Å²) in [5, 5.41) is 5.98. The van der Waals surface area contributed by atoms with Crippen LogP contribution in [-0.4, -0.2) is 37.8 Å². The van der Waals surface area contributed by atoms with Crippen LogP contribution in [0.3, 0.4) is 0 Å². The molecule has 4 aromatic rings. The average Bonchev–Trinajstić information content (AvgIpc) is 3.36. The fourth-order valence-electron chi connectivity index (χ4n) is 4.69. The third-order valence-electron chi connectivity index (χ3n) is 6.33. The molecule has 0 atom stereocenters. The van der Waals surface area contributed by atoms with E-state index in [4.69, 9.17) is 4.98 Å². The fourth-order valence-corrected chi connectivity index (χ4v) is 5.65. The number of thiophene rings is 1. The molecule has 0 saturated heterocycles. The molecular weight excluding hydrogens is 444 g/mol. The summed E-state index contributed by atoms with van der Waals surface area (Å²) in [6, 6.07) is 8.51. The monoisotopic (exact) mass is 476 g/mol. The molecule has 0 amide bonds. The molecule has 1 N–H and O–H groups in total. The minimum absolute atomic E-state index is 0.0246. The standard InChI is InChI=1S/C26H32N6OS/c1-16(2)31-24(33)20-14-27-25(28-19-8-7-17-9-11-30(6)15-18(17)13-19)29-23(20)32(31)21-10-12-34-22(21)26(3,4)5/h7-8,10,12-14,16H,9,11,15H2,1-6H3,(H,27,28,29). The molecule has 4 heterocycles. The zero-order valence-corrected chi connectivity index (χ0v) is 21.5. The van der Waals surface area contributed by atoms with Crippen molar-refractivity contribution in [3.05, 3.63) is 62.2 Å². The van der Waals surface area contributed by atoms with Crippen LogP contribution in [0.5, 0.6) is 0 Å². The fraction of sp³-hybridized carbons (Fsp3) is 0.423. The molecule has 0 spiro atoms. The van der Waals surface area contributed by atoms with E-state index in [1.165, 1.54) is 16.0 Å². The normalized spacial score (nSPS) is 14.7. The Labute approximate surface area is 204 Å². The lowest BCUT2D eigenvalue weighted by Crippen LogP contribution is -2.26. The maximum absolute atomic E-state index is 13.3. The summed E-state index contributed by atoms with van der Waals surface area (Å²) in [6.45, 7) is 12.7. The van der Waals surface area contributed by atoms with E-state index in [9.17, 15) is 4.79 Å². The van der Waals surface area contributed by atoms with Crippen molar-refractivity contribution in [3.8, 4) is 5.69 Å². The number of fused-ring (bicyclic) bond motifs is 2. The molecule has 0 saturated carbocycles. The van der Waals surface area contributed by atoms with Crippen LogP contribution < -0.4 is 10.9 Å². The van der Waals surface area contributed by atoms with Crippen molar-refractivity contribution >= 4 is 34.0 Å². The predicted octanol–water partition coefficient (Wildman–Crippen LogP) is 5.25. The maximum atomic E-state index is 13.3. The first-order valence-electron chi connectivity index (χ1n) is 11.8. The lowest BCUT2D eigenvalue weighted by atomic mass is 9.93. The van der Waals surface area contributed by atoms with Gasteiger partial charge in [0.2, 0.25) is 5.95 Å². The van der Waals surface area contributed by atoms with Gasteiger partial charge in [-0.3, -0.25) is 4.79 Å². The summed E-state index contributed by atoms with van der Waals surface area (Å²) in [7, 11) is 2.15.